The van der Waals surface area contributed by atoms with Crippen molar-refractivity contribution in [3.05, 3.63) is 28.5 Å². The molecule has 0 aliphatic heterocycles. The minimum Gasteiger partial charge on any atom is -0.504 e. The van der Waals surface area contributed by atoms with Crippen molar-refractivity contribution in [1.29, 1.82) is 0 Å². The molecular formula is C18H28N5O4S3+. The number of thiol groups is 1. The molecule has 30 heavy (non-hydrogen) atoms. The van der Waals surface area contributed by atoms with Crippen LogP contribution in [0.5, 0.6) is 5.75 Å². The number of nitrogens with zero attached hydrogens (tertiary/aromatic N) is 2. The van der Waals surface area contributed by atoms with Crippen LogP contribution in [0.1, 0.15) is 37.0 Å². The number of amidine groups is 2. The standard InChI is InChI=1S/C18H27N5O4S3/c1-9(2)14(13-7-10(3)11(4)27-13)21-17(22-28)16(19)20-12-8-29-18(15(12)24)30(25,26)23(5)6/h7-9,14,24,28H,1-6H3,(H2,19,20)(H,21,22)/p+1/t14-/m1/s1. The van der Waals surface area contributed by atoms with E-state index in [2.05, 4.69) is 27.5 Å². The van der Waals surface area contributed by atoms with Gasteiger partial charge in [0, 0.05) is 38.2 Å². The number of nitrogens with one attached hydrogen (secondary N) is 2. The van der Waals surface area contributed by atoms with Crippen LogP contribution in [0.4, 0.5) is 5.69 Å². The maximum Gasteiger partial charge on any atom is 0.322 e. The van der Waals surface area contributed by atoms with Gasteiger partial charge in [-0.05, 0) is 25.5 Å². The molecule has 0 aromatic carbocycles. The van der Waals surface area contributed by atoms with Crippen LogP contribution in [0, 0.1) is 19.8 Å². The first-order valence-electron chi connectivity index (χ1n) is 9.08. The van der Waals surface area contributed by atoms with E-state index in [0.717, 1.165) is 32.7 Å². The van der Waals surface area contributed by atoms with Gasteiger partial charge in [-0.15, -0.1) is 11.3 Å². The van der Waals surface area contributed by atoms with E-state index in [1.54, 1.807) is 0 Å². The molecule has 0 saturated carbocycles. The SMILES string of the molecule is Cc1cc([C@H]([NH+]=C(NS)C(N)=Nc2csc(S(=O)(=O)N(C)C)c2O)C(C)C)oc1C. The maximum absolute atomic E-state index is 12.3. The first kappa shape index (κ1) is 24.3. The Balaban J connectivity index is 2.45. The summed E-state index contributed by atoms with van der Waals surface area (Å²) in [5.41, 5.74) is 7.20. The molecule has 0 aliphatic rings. The van der Waals surface area contributed by atoms with Crippen LogP contribution in [0.3, 0.4) is 0 Å². The van der Waals surface area contributed by atoms with Crippen molar-refractivity contribution in [3.63, 3.8) is 0 Å². The molecule has 0 spiro atoms. The second kappa shape index (κ2) is 9.41. The Bertz CT molecular complexity index is 1050. The molecule has 5 N–H and O–H groups in total. The second-order valence-corrected chi connectivity index (χ2v) is 10.7. The van der Waals surface area contributed by atoms with E-state index in [9.17, 15) is 13.5 Å². The van der Waals surface area contributed by atoms with Gasteiger partial charge in [-0.1, -0.05) is 13.8 Å². The molecular weight excluding hydrogens is 446 g/mol. The van der Waals surface area contributed by atoms with Gasteiger partial charge in [0.2, 0.25) is 5.84 Å². The number of aryl methyl sites for hydroxylation is 2. The van der Waals surface area contributed by atoms with Crippen molar-refractivity contribution in [1.82, 2.24) is 9.03 Å². The summed E-state index contributed by atoms with van der Waals surface area (Å²) < 4.78 is 33.9. The molecule has 9 nitrogen and oxygen atoms in total. The van der Waals surface area contributed by atoms with Crippen molar-refractivity contribution in [3.8, 4) is 5.75 Å². The Morgan fingerprint density at radius 1 is 1.40 bits per heavy atom. The van der Waals surface area contributed by atoms with Gasteiger partial charge in [0.1, 0.15) is 17.2 Å². The van der Waals surface area contributed by atoms with E-state index in [1.807, 2.05) is 33.8 Å². The molecule has 0 saturated heterocycles. The van der Waals surface area contributed by atoms with E-state index in [-0.39, 0.29) is 27.7 Å². The summed E-state index contributed by atoms with van der Waals surface area (Å²) in [6.07, 6.45) is 0. The Kier molecular flexibility index (Phi) is 7.61. The summed E-state index contributed by atoms with van der Waals surface area (Å²) >= 11 is 4.97. The lowest BCUT2D eigenvalue weighted by molar-refractivity contribution is -0.522. The van der Waals surface area contributed by atoms with E-state index in [4.69, 9.17) is 10.2 Å². The van der Waals surface area contributed by atoms with Crippen molar-refractivity contribution in [2.24, 2.45) is 16.6 Å². The molecule has 12 heteroatoms. The van der Waals surface area contributed by atoms with Crippen molar-refractivity contribution in [2.75, 3.05) is 14.1 Å². The van der Waals surface area contributed by atoms with Crippen molar-refractivity contribution >= 4 is 51.5 Å². The molecule has 2 aromatic rings. The van der Waals surface area contributed by atoms with Crippen LogP contribution in [0.15, 0.2) is 25.1 Å². The zero-order valence-corrected chi connectivity index (χ0v) is 20.2. The smallest absolute Gasteiger partial charge is 0.322 e. The molecule has 0 radical (unpaired) electrons. The normalized spacial score (nSPS) is 14.6. The van der Waals surface area contributed by atoms with Crippen LogP contribution >= 0.6 is 24.2 Å². The van der Waals surface area contributed by atoms with Gasteiger partial charge < -0.3 is 15.3 Å². The monoisotopic (exact) mass is 474 g/mol. The van der Waals surface area contributed by atoms with Gasteiger partial charge in [0.25, 0.3) is 10.0 Å². The summed E-state index contributed by atoms with van der Waals surface area (Å²) in [5, 5.41) is 11.8. The number of sulfonamides is 1. The largest absolute Gasteiger partial charge is 0.504 e. The van der Waals surface area contributed by atoms with Crippen LogP contribution in [0.2, 0.25) is 0 Å². The molecule has 1 atom stereocenters. The third-order valence-electron chi connectivity index (χ3n) is 4.50. The van der Waals surface area contributed by atoms with Gasteiger partial charge >= 0.3 is 5.84 Å². The third-order valence-corrected chi connectivity index (χ3v) is 8.01. The lowest BCUT2D eigenvalue weighted by Gasteiger charge is -2.13. The molecule has 0 bridgehead atoms. The van der Waals surface area contributed by atoms with Crippen LogP contribution in [-0.2, 0) is 10.0 Å². The quantitative estimate of drug-likeness (QED) is 0.243. The van der Waals surface area contributed by atoms with E-state index in [1.165, 1.54) is 19.5 Å². The average Bonchev–Trinajstić information content (AvgIpc) is 3.18. The summed E-state index contributed by atoms with van der Waals surface area (Å²) in [5.74, 6) is 1.56. The fourth-order valence-electron chi connectivity index (χ4n) is 2.58. The molecule has 0 aliphatic carbocycles. The molecule has 2 heterocycles. The number of aliphatic imine (C=N–C) groups is 1. The van der Waals surface area contributed by atoms with E-state index in [0.29, 0.717) is 5.84 Å². The van der Waals surface area contributed by atoms with Crippen LogP contribution in [0.25, 0.3) is 0 Å². The molecule has 2 rings (SSSR count). The highest BCUT2D eigenvalue weighted by atomic mass is 32.2. The van der Waals surface area contributed by atoms with E-state index >= 15 is 0 Å². The summed E-state index contributed by atoms with van der Waals surface area (Å²) in [6, 6.07) is 1.74. The number of thiophene rings is 1. The second-order valence-electron chi connectivity index (χ2n) is 7.28. The third kappa shape index (κ3) is 4.99. The van der Waals surface area contributed by atoms with Gasteiger partial charge in [-0.25, -0.2) is 22.4 Å². The van der Waals surface area contributed by atoms with Gasteiger partial charge in [-0.3, -0.25) is 4.99 Å². The first-order valence-corrected chi connectivity index (χ1v) is 11.8. The number of nitrogens with two attached hydrogens (primary N) is 1. The van der Waals surface area contributed by atoms with Crippen molar-refractivity contribution < 1.29 is 22.9 Å². The van der Waals surface area contributed by atoms with Gasteiger partial charge in [0.05, 0.1) is 0 Å². The first-order chi connectivity index (χ1) is 13.9. The Morgan fingerprint density at radius 3 is 2.50 bits per heavy atom. The van der Waals surface area contributed by atoms with E-state index < -0.39 is 15.8 Å². The highest BCUT2D eigenvalue weighted by Crippen LogP contribution is 2.40. The Labute approximate surface area is 186 Å². The fourth-order valence-corrected chi connectivity index (χ4v) is 5.12. The number of hydrogen-bond donors (Lipinski definition) is 5. The molecule has 0 amide bonds. The predicted molar refractivity (Wildman–Crippen MR) is 122 cm³/mol. The summed E-state index contributed by atoms with van der Waals surface area (Å²) in [7, 11) is -1.02. The molecule has 166 valence electrons. The lowest BCUT2D eigenvalue weighted by atomic mass is 10.0. The zero-order chi connectivity index (χ0) is 22.8. The highest BCUT2D eigenvalue weighted by molar-refractivity contribution is 7.91. The van der Waals surface area contributed by atoms with Gasteiger partial charge in [-0.2, -0.15) is 0 Å². The zero-order valence-electron chi connectivity index (χ0n) is 17.7. The Hall–Kier alpha value is -2.02. The van der Waals surface area contributed by atoms with Crippen LogP contribution < -0.4 is 15.4 Å². The number of aromatic hydroxyl groups is 1. The molecule has 0 unspecified atom stereocenters. The topological polar surface area (TPSA) is 135 Å². The summed E-state index contributed by atoms with van der Waals surface area (Å²) in [4.78, 5) is 7.41. The van der Waals surface area contributed by atoms with Gasteiger partial charge in [0.15, 0.2) is 16.0 Å². The minimum absolute atomic E-state index is 0.00227. The van der Waals surface area contributed by atoms with Crippen LogP contribution in [-0.4, -0.2) is 43.6 Å². The average molecular weight is 475 g/mol. The number of furan rings is 1. The predicted octanol–water partition coefficient (Wildman–Crippen LogP) is 1.21. The minimum atomic E-state index is -3.79. The maximum atomic E-state index is 12.3. The summed E-state index contributed by atoms with van der Waals surface area (Å²) in [6.45, 7) is 7.91. The lowest BCUT2D eigenvalue weighted by Crippen LogP contribution is -2.80. The van der Waals surface area contributed by atoms with Crippen molar-refractivity contribution in [2.45, 2.75) is 37.9 Å². The molecule has 2 aromatic heterocycles. The fraction of sp³-hybridized carbons (Fsp3) is 0.444. The Morgan fingerprint density at radius 2 is 2.03 bits per heavy atom. The highest BCUT2D eigenvalue weighted by Gasteiger charge is 2.27. The number of hydrogen-bond acceptors (Lipinski definition) is 7. The number of rotatable bonds is 6. The molecule has 0 fully saturated rings.